The molecular weight excluding hydrogens is 482 g/mol. The summed E-state index contributed by atoms with van der Waals surface area (Å²) in [6.07, 6.45) is 0. The Labute approximate surface area is 209 Å². The predicted octanol–water partition coefficient (Wildman–Crippen LogP) is 1.46. The van der Waals surface area contributed by atoms with E-state index in [0.717, 1.165) is 19.1 Å². The van der Waals surface area contributed by atoms with Crippen LogP contribution in [0.5, 0.6) is 0 Å². The van der Waals surface area contributed by atoms with Gasteiger partial charge in [-0.3, -0.25) is 4.90 Å². The first kappa shape index (κ1) is 24.6. The normalized spacial score (nSPS) is 15.3. The summed E-state index contributed by atoms with van der Waals surface area (Å²) in [4.78, 5) is 39.6. The molecule has 1 atom stereocenters. The Morgan fingerprint density at radius 2 is 1.81 bits per heavy atom. The number of esters is 2. The number of H-pyrrole nitrogens is 1. The van der Waals surface area contributed by atoms with Crippen LogP contribution in [0.15, 0.2) is 71.2 Å². The number of carbonyl (C=O) groups excluding carboxylic acids is 2. The highest BCUT2D eigenvalue weighted by atomic mass is 16.5. The lowest BCUT2D eigenvalue weighted by atomic mass is 9.80. The summed E-state index contributed by atoms with van der Waals surface area (Å²) >= 11 is 0. The number of benzene rings is 2. The molecule has 1 aliphatic heterocycles. The van der Waals surface area contributed by atoms with Crippen molar-refractivity contribution in [2.45, 2.75) is 5.92 Å². The van der Waals surface area contributed by atoms with Gasteiger partial charge < -0.3 is 20.3 Å². The van der Waals surface area contributed by atoms with E-state index >= 15 is 0 Å². The van der Waals surface area contributed by atoms with Crippen LogP contribution in [0.4, 0.5) is 5.69 Å². The first-order chi connectivity index (χ1) is 17.8. The minimum Gasteiger partial charge on any atom is -0.478 e. The SMILES string of the molecule is COC(=O)C1=C(C(=O)OC)N(c2cc(-c3nn[nH]n3)ccc2C(=O)O)C(N)=C(C#N)C1c1ccccc1. The topological polar surface area (TPSA) is 197 Å². The first-order valence-electron chi connectivity index (χ1n) is 10.6. The van der Waals surface area contributed by atoms with E-state index in [2.05, 4.69) is 20.6 Å². The molecule has 4 N–H and O–H groups in total. The van der Waals surface area contributed by atoms with E-state index in [-0.39, 0.29) is 34.0 Å². The number of carboxylic acids is 1. The summed E-state index contributed by atoms with van der Waals surface area (Å²) in [5, 5.41) is 33.7. The lowest BCUT2D eigenvalue weighted by Gasteiger charge is -2.36. The summed E-state index contributed by atoms with van der Waals surface area (Å²) < 4.78 is 9.96. The molecule has 4 rings (SSSR count). The summed E-state index contributed by atoms with van der Waals surface area (Å²) in [5.41, 5.74) is 6.04. The van der Waals surface area contributed by atoms with Crippen LogP contribution in [0.25, 0.3) is 11.4 Å². The number of hydrogen-bond acceptors (Lipinski definition) is 11. The maximum atomic E-state index is 13.2. The highest BCUT2D eigenvalue weighted by Gasteiger charge is 2.43. The van der Waals surface area contributed by atoms with Gasteiger partial charge in [-0.2, -0.15) is 10.5 Å². The molecule has 0 aliphatic carbocycles. The smallest absolute Gasteiger partial charge is 0.355 e. The molecule has 3 aromatic rings. The lowest BCUT2D eigenvalue weighted by molar-refractivity contribution is -0.139. The van der Waals surface area contributed by atoms with Crippen molar-refractivity contribution in [2.24, 2.45) is 5.73 Å². The Kier molecular flexibility index (Phi) is 6.65. The molecule has 1 aromatic heterocycles. The zero-order valence-electron chi connectivity index (χ0n) is 19.5. The molecule has 0 spiro atoms. The number of aromatic amines is 1. The van der Waals surface area contributed by atoms with Crippen molar-refractivity contribution in [3.05, 3.63) is 82.3 Å². The molecule has 0 saturated carbocycles. The maximum absolute atomic E-state index is 13.2. The average molecular weight is 501 g/mol. The number of nitrogens with two attached hydrogens (primary N) is 1. The third-order valence-corrected chi connectivity index (χ3v) is 5.68. The second kappa shape index (κ2) is 10.0. The van der Waals surface area contributed by atoms with Crippen LogP contribution in [-0.4, -0.2) is 57.9 Å². The third kappa shape index (κ3) is 4.23. The lowest BCUT2D eigenvalue weighted by Crippen LogP contribution is -2.41. The molecule has 0 saturated heterocycles. The molecule has 1 aliphatic rings. The molecule has 2 aromatic carbocycles. The second-order valence-electron chi connectivity index (χ2n) is 7.61. The first-order valence-corrected chi connectivity index (χ1v) is 10.6. The fourth-order valence-electron chi connectivity index (χ4n) is 4.08. The average Bonchev–Trinajstić information content (AvgIpc) is 3.46. The van der Waals surface area contributed by atoms with Crippen molar-refractivity contribution in [3.63, 3.8) is 0 Å². The van der Waals surface area contributed by atoms with Crippen LogP contribution in [0.1, 0.15) is 21.8 Å². The summed E-state index contributed by atoms with van der Waals surface area (Å²) in [7, 11) is 2.21. The van der Waals surface area contributed by atoms with Gasteiger partial charge in [0.2, 0.25) is 5.82 Å². The van der Waals surface area contributed by atoms with Crippen LogP contribution >= 0.6 is 0 Å². The number of ether oxygens (including phenoxy) is 2. The number of tetrazole rings is 1. The molecule has 13 heteroatoms. The molecular formula is C24H19N7O6. The number of methoxy groups -OCH3 is 2. The van der Waals surface area contributed by atoms with Gasteiger partial charge in [0.25, 0.3) is 0 Å². The Bertz CT molecular complexity index is 1490. The number of aromatic carboxylic acids is 1. The molecule has 0 bridgehead atoms. The van der Waals surface area contributed by atoms with E-state index in [0.29, 0.717) is 11.1 Å². The summed E-state index contributed by atoms with van der Waals surface area (Å²) in [6, 6.07) is 14.5. The van der Waals surface area contributed by atoms with Gasteiger partial charge in [-0.1, -0.05) is 36.4 Å². The number of nitrogens with zero attached hydrogens (tertiary/aromatic N) is 5. The number of rotatable bonds is 6. The van der Waals surface area contributed by atoms with Gasteiger partial charge in [-0.15, -0.1) is 10.2 Å². The molecule has 37 heavy (non-hydrogen) atoms. The van der Waals surface area contributed by atoms with Crippen molar-refractivity contribution < 1.29 is 29.0 Å². The van der Waals surface area contributed by atoms with Crippen molar-refractivity contribution in [2.75, 3.05) is 19.1 Å². The zero-order valence-corrected chi connectivity index (χ0v) is 19.5. The van der Waals surface area contributed by atoms with Crippen LogP contribution in [0.3, 0.4) is 0 Å². The van der Waals surface area contributed by atoms with Gasteiger partial charge in [0.1, 0.15) is 11.5 Å². The summed E-state index contributed by atoms with van der Waals surface area (Å²) in [5.74, 6) is -4.57. The van der Waals surface area contributed by atoms with E-state index in [1.165, 1.54) is 18.2 Å². The Morgan fingerprint density at radius 1 is 1.11 bits per heavy atom. The van der Waals surface area contributed by atoms with E-state index in [1.807, 2.05) is 6.07 Å². The number of carbonyl (C=O) groups is 3. The monoisotopic (exact) mass is 501 g/mol. The van der Waals surface area contributed by atoms with Crippen molar-refractivity contribution in [1.29, 1.82) is 5.26 Å². The summed E-state index contributed by atoms with van der Waals surface area (Å²) in [6.45, 7) is 0. The standard InChI is InChI=1S/C24H19N7O6/c1-36-23(34)18-17(12-6-4-3-5-7-12)15(11-25)20(26)31(19(18)24(35)37-2)16-10-13(21-27-29-30-28-21)8-9-14(16)22(32)33/h3-10,17H,26H2,1-2H3,(H,32,33)(H,27,28,29,30). The quantitative estimate of drug-likeness (QED) is 0.412. The van der Waals surface area contributed by atoms with Crippen LogP contribution in [0.2, 0.25) is 0 Å². The van der Waals surface area contributed by atoms with Crippen molar-refractivity contribution in [1.82, 2.24) is 20.6 Å². The third-order valence-electron chi connectivity index (χ3n) is 5.68. The van der Waals surface area contributed by atoms with Crippen LogP contribution < -0.4 is 10.6 Å². The van der Waals surface area contributed by atoms with E-state index in [9.17, 15) is 24.8 Å². The molecule has 0 fully saturated rings. The highest BCUT2D eigenvalue weighted by molar-refractivity contribution is 6.08. The number of nitrogens with one attached hydrogen (secondary N) is 1. The number of nitriles is 1. The van der Waals surface area contributed by atoms with Gasteiger partial charge in [-0.25, -0.2) is 14.4 Å². The van der Waals surface area contributed by atoms with Gasteiger partial charge in [0, 0.05) is 5.56 Å². The molecule has 1 unspecified atom stereocenters. The number of aromatic nitrogens is 4. The number of carboxylic acid groups (broad SMARTS) is 1. The predicted molar refractivity (Wildman–Crippen MR) is 126 cm³/mol. The highest BCUT2D eigenvalue weighted by Crippen LogP contribution is 2.44. The zero-order chi connectivity index (χ0) is 26.7. The molecule has 186 valence electrons. The fourth-order valence-corrected chi connectivity index (χ4v) is 4.08. The minimum absolute atomic E-state index is 0.111. The Morgan fingerprint density at radius 3 is 2.38 bits per heavy atom. The van der Waals surface area contributed by atoms with E-state index in [1.54, 1.807) is 30.3 Å². The van der Waals surface area contributed by atoms with E-state index < -0.39 is 29.5 Å². The second-order valence-corrected chi connectivity index (χ2v) is 7.61. The van der Waals surface area contributed by atoms with Gasteiger partial charge in [-0.05, 0) is 22.9 Å². The molecule has 2 heterocycles. The van der Waals surface area contributed by atoms with Gasteiger partial charge in [0.05, 0.1) is 48.6 Å². The van der Waals surface area contributed by atoms with Crippen molar-refractivity contribution in [3.8, 4) is 17.5 Å². The molecule has 0 amide bonds. The Hall–Kier alpha value is -5.51. The molecule has 13 nitrogen and oxygen atoms in total. The minimum atomic E-state index is -1.37. The molecule has 0 radical (unpaired) electrons. The maximum Gasteiger partial charge on any atom is 0.355 e. The number of allylic oxidation sites excluding steroid dienone is 1. The fraction of sp³-hybridized carbons (Fsp3) is 0.125. The number of hydrogen-bond donors (Lipinski definition) is 3. The largest absolute Gasteiger partial charge is 0.478 e. The van der Waals surface area contributed by atoms with Crippen molar-refractivity contribution >= 4 is 23.6 Å². The van der Waals surface area contributed by atoms with Crippen LogP contribution in [-0.2, 0) is 19.1 Å². The van der Waals surface area contributed by atoms with E-state index in [4.69, 9.17) is 15.2 Å². The van der Waals surface area contributed by atoms with Gasteiger partial charge in [0.15, 0.2) is 0 Å². The van der Waals surface area contributed by atoms with Crippen LogP contribution in [0, 0.1) is 11.3 Å². The van der Waals surface area contributed by atoms with Gasteiger partial charge >= 0.3 is 17.9 Å². The number of anilines is 1. The Balaban J connectivity index is 2.12.